The molecule has 1 rings (SSSR count). The fourth-order valence-corrected chi connectivity index (χ4v) is 4.06. The maximum absolute atomic E-state index is 12.6. The van der Waals surface area contributed by atoms with Gasteiger partial charge in [-0.25, -0.2) is 8.42 Å². The first-order chi connectivity index (χ1) is 11.5. The van der Waals surface area contributed by atoms with Crippen molar-refractivity contribution < 1.29 is 13.2 Å². The Bertz CT molecular complexity index is 592. The molecule has 7 nitrogen and oxygen atoms in total. The van der Waals surface area contributed by atoms with Crippen molar-refractivity contribution in [3.8, 4) is 0 Å². The van der Waals surface area contributed by atoms with E-state index < -0.39 is 20.0 Å². The molecule has 0 heterocycles. The van der Waals surface area contributed by atoms with Gasteiger partial charge in [0.25, 0.3) is 0 Å². The van der Waals surface area contributed by atoms with Crippen LogP contribution in [0.25, 0.3) is 0 Å². The van der Waals surface area contributed by atoms with Crippen LogP contribution in [-0.4, -0.2) is 69.9 Å². The second-order valence-electron chi connectivity index (χ2n) is 7.97. The summed E-state index contributed by atoms with van der Waals surface area (Å²) >= 11 is 0. The molecular weight excluding hydrogens is 467 g/mol. The average Bonchev–Trinajstić information content (AvgIpc) is 2.98. The molecule has 0 spiro atoms. The van der Waals surface area contributed by atoms with Crippen molar-refractivity contribution in [1.29, 1.82) is 0 Å². The summed E-state index contributed by atoms with van der Waals surface area (Å²) in [7, 11) is 2.04. The number of rotatable bonds is 6. The first-order valence-electron chi connectivity index (χ1n) is 8.84. The highest BCUT2D eigenvalue weighted by atomic mass is 127. The highest BCUT2D eigenvalue weighted by Gasteiger charge is 2.42. The van der Waals surface area contributed by atoms with E-state index in [1.807, 2.05) is 0 Å². The van der Waals surface area contributed by atoms with E-state index in [-0.39, 0.29) is 42.2 Å². The maximum atomic E-state index is 12.6. The van der Waals surface area contributed by atoms with Gasteiger partial charge in [-0.3, -0.25) is 9.79 Å². The topological polar surface area (TPSA) is 90.9 Å². The van der Waals surface area contributed by atoms with Gasteiger partial charge in [-0.2, -0.15) is 0 Å². The first-order valence-corrected chi connectivity index (χ1v) is 10.5. The number of hydrogen-bond donors (Lipinski definition) is 2. The summed E-state index contributed by atoms with van der Waals surface area (Å²) in [5, 5.41) is 6.25. The zero-order chi connectivity index (χ0) is 19.3. The zero-order valence-corrected chi connectivity index (χ0v) is 20.0. The molecule has 0 bridgehead atoms. The van der Waals surface area contributed by atoms with Gasteiger partial charge in [0.2, 0.25) is 5.91 Å². The van der Waals surface area contributed by atoms with Gasteiger partial charge in [0, 0.05) is 34.2 Å². The molecule has 26 heavy (non-hydrogen) atoms. The third kappa shape index (κ3) is 6.54. The predicted octanol–water partition coefficient (Wildman–Crippen LogP) is 1.63. The van der Waals surface area contributed by atoms with Crippen molar-refractivity contribution in [2.75, 3.05) is 40.0 Å². The second-order valence-corrected chi connectivity index (χ2v) is 10.8. The van der Waals surface area contributed by atoms with Crippen molar-refractivity contribution in [2.45, 2.75) is 51.2 Å². The maximum Gasteiger partial charge on any atom is 0.230 e. The van der Waals surface area contributed by atoms with Crippen LogP contribution < -0.4 is 10.6 Å². The lowest BCUT2D eigenvalue weighted by molar-refractivity contribution is -0.138. The summed E-state index contributed by atoms with van der Waals surface area (Å²) in [5.74, 6) is 0.712. The number of aliphatic imine (C=N–C) groups is 1. The molecule has 0 saturated heterocycles. The number of hydrogen-bond acceptors (Lipinski definition) is 4. The van der Waals surface area contributed by atoms with Crippen LogP contribution in [0.1, 0.15) is 46.5 Å². The van der Waals surface area contributed by atoms with Crippen LogP contribution in [0.2, 0.25) is 0 Å². The third-order valence-corrected chi connectivity index (χ3v) is 7.44. The molecule has 9 heteroatoms. The molecule has 1 saturated carbocycles. The largest absolute Gasteiger partial charge is 0.355 e. The number of nitrogens with one attached hydrogen (secondary N) is 2. The number of amides is 1. The SMILES string of the molecule is CN=C(NCCS(=O)(=O)C(C)(C)C)NCC1(C(=O)N(C)C)CCCC1.I. The monoisotopic (exact) mass is 502 g/mol. The number of nitrogens with zero attached hydrogens (tertiary/aromatic N) is 2. The standard InChI is InChI=1S/C17H34N4O3S.HI/c1-16(2,3)25(23,24)12-11-19-15(18-4)20-13-17(9-7-8-10-17)14(22)21(5)6;/h7-13H2,1-6H3,(H2,18,19,20);1H. The Morgan fingerprint density at radius 1 is 1.15 bits per heavy atom. The Morgan fingerprint density at radius 2 is 1.69 bits per heavy atom. The van der Waals surface area contributed by atoms with Gasteiger partial charge in [0.05, 0.1) is 15.9 Å². The Kier molecular flexibility index (Phi) is 9.87. The molecule has 0 atom stereocenters. The molecule has 0 radical (unpaired) electrons. The van der Waals surface area contributed by atoms with Crippen LogP contribution in [0, 0.1) is 5.41 Å². The number of guanidine groups is 1. The van der Waals surface area contributed by atoms with E-state index in [0.29, 0.717) is 12.5 Å². The fourth-order valence-electron chi connectivity index (χ4n) is 3.08. The van der Waals surface area contributed by atoms with E-state index in [4.69, 9.17) is 0 Å². The van der Waals surface area contributed by atoms with Crippen molar-refractivity contribution in [3.05, 3.63) is 0 Å². The van der Waals surface area contributed by atoms with E-state index in [1.165, 1.54) is 0 Å². The lowest BCUT2D eigenvalue weighted by Gasteiger charge is -2.31. The number of halogens is 1. The van der Waals surface area contributed by atoms with Crippen LogP contribution in [-0.2, 0) is 14.6 Å². The van der Waals surface area contributed by atoms with Crippen LogP contribution in [0.15, 0.2) is 4.99 Å². The molecule has 154 valence electrons. The molecule has 2 N–H and O–H groups in total. The van der Waals surface area contributed by atoms with Gasteiger partial charge < -0.3 is 15.5 Å². The van der Waals surface area contributed by atoms with Crippen LogP contribution >= 0.6 is 24.0 Å². The molecular formula is C17H35IN4O3S. The molecule has 1 amide bonds. The van der Waals surface area contributed by atoms with Crippen LogP contribution in [0.3, 0.4) is 0 Å². The van der Waals surface area contributed by atoms with Gasteiger partial charge in [-0.05, 0) is 33.6 Å². The van der Waals surface area contributed by atoms with E-state index in [2.05, 4.69) is 15.6 Å². The van der Waals surface area contributed by atoms with Gasteiger partial charge in [-0.15, -0.1) is 24.0 Å². The average molecular weight is 502 g/mol. The Hall–Kier alpha value is -0.580. The van der Waals surface area contributed by atoms with Crippen molar-refractivity contribution in [2.24, 2.45) is 10.4 Å². The highest BCUT2D eigenvalue weighted by Crippen LogP contribution is 2.38. The Balaban J connectivity index is 0.00000625. The Morgan fingerprint density at radius 3 is 2.12 bits per heavy atom. The molecule has 0 aliphatic heterocycles. The van der Waals surface area contributed by atoms with Gasteiger partial charge in [-0.1, -0.05) is 12.8 Å². The molecule has 1 fully saturated rings. The molecule has 0 aromatic heterocycles. The zero-order valence-electron chi connectivity index (χ0n) is 16.9. The van der Waals surface area contributed by atoms with Crippen molar-refractivity contribution >= 4 is 45.7 Å². The minimum absolute atomic E-state index is 0. The molecule has 1 aliphatic rings. The smallest absolute Gasteiger partial charge is 0.230 e. The second kappa shape index (κ2) is 10.1. The lowest BCUT2D eigenvalue weighted by Crippen LogP contribution is -2.49. The highest BCUT2D eigenvalue weighted by molar-refractivity contribution is 14.0. The first kappa shape index (κ1) is 25.4. The van der Waals surface area contributed by atoms with Gasteiger partial charge in [0.15, 0.2) is 15.8 Å². The molecule has 1 aliphatic carbocycles. The van der Waals surface area contributed by atoms with E-state index in [9.17, 15) is 13.2 Å². The summed E-state index contributed by atoms with van der Waals surface area (Å²) in [6, 6.07) is 0. The van der Waals surface area contributed by atoms with Crippen molar-refractivity contribution in [3.63, 3.8) is 0 Å². The fraction of sp³-hybridized carbons (Fsp3) is 0.882. The molecule has 0 aromatic carbocycles. The Labute approximate surface area is 175 Å². The van der Waals surface area contributed by atoms with E-state index in [1.54, 1.807) is 46.8 Å². The summed E-state index contributed by atoms with van der Waals surface area (Å²) in [6.45, 7) is 5.90. The van der Waals surface area contributed by atoms with E-state index in [0.717, 1.165) is 25.7 Å². The van der Waals surface area contributed by atoms with Gasteiger partial charge in [0.1, 0.15) is 0 Å². The number of carbonyl (C=O) groups excluding carboxylic acids is 1. The summed E-state index contributed by atoms with van der Waals surface area (Å²) < 4.78 is 23.5. The summed E-state index contributed by atoms with van der Waals surface area (Å²) in [6.07, 6.45) is 3.84. The summed E-state index contributed by atoms with van der Waals surface area (Å²) in [4.78, 5) is 18.4. The molecule has 0 unspecified atom stereocenters. The van der Waals surface area contributed by atoms with Crippen molar-refractivity contribution in [1.82, 2.24) is 15.5 Å². The summed E-state index contributed by atoms with van der Waals surface area (Å²) in [5.41, 5.74) is -0.390. The minimum atomic E-state index is -3.18. The predicted molar refractivity (Wildman–Crippen MR) is 118 cm³/mol. The quantitative estimate of drug-likeness (QED) is 0.328. The minimum Gasteiger partial charge on any atom is -0.355 e. The molecule has 0 aromatic rings. The van der Waals surface area contributed by atoms with Crippen LogP contribution in [0.5, 0.6) is 0 Å². The normalized spacial score (nSPS) is 17.4. The van der Waals surface area contributed by atoms with Gasteiger partial charge >= 0.3 is 0 Å². The third-order valence-electron chi connectivity index (χ3n) is 4.83. The van der Waals surface area contributed by atoms with Crippen LogP contribution in [0.4, 0.5) is 0 Å². The lowest BCUT2D eigenvalue weighted by atomic mass is 9.84. The number of carbonyl (C=O) groups is 1. The van der Waals surface area contributed by atoms with E-state index >= 15 is 0 Å². The number of sulfone groups is 1.